The van der Waals surface area contributed by atoms with Gasteiger partial charge in [-0.1, -0.05) is 22.0 Å². The largest absolute Gasteiger partial charge is 0.438 e. The van der Waals surface area contributed by atoms with Crippen LogP contribution in [0.5, 0.6) is 0 Å². The zero-order chi connectivity index (χ0) is 20.4. The first-order chi connectivity index (χ1) is 14.0. The van der Waals surface area contributed by atoms with Gasteiger partial charge >= 0.3 is 0 Å². The van der Waals surface area contributed by atoms with Crippen molar-refractivity contribution in [3.8, 4) is 0 Å². The van der Waals surface area contributed by atoms with Crippen LogP contribution in [0.4, 0.5) is 10.1 Å². The Balaban J connectivity index is 1.76. The van der Waals surface area contributed by atoms with E-state index in [2.05, 4.69) is 26.2 Å². The Bertz CT molecular complexity index is 1140. The van der Waals surface area contributed by atoms with Gasteiger partial charge in [0.2, 0.25) is 5.55 Å². The predicted octanol–water partition coefficient (Wildman–Crippen LogP) is 4.78. The van der Waals surface area contributed by atoms with Crippen molar-refractivity contribution >= 4 is 38.5 Å². The lowest BCUT2D eigenvalue weighted by Crippen LogP contribution is -2.34. The number of nitrogens with zero attached hydrogens (tertiary/aromatic N) is 1. The quantitative estimate of drug-likeness (QED) is 0.611. The lowest BCUT2D eigenvalue weighted by Gasteiger charge is -2.11. The van der Waals surface area contributed by atoms with Crippen molar-refractivity contribution in [3.63, 3.8) is 0 Å². The monoisotopic (exact) mass is 458 g/mol. The van der Waals surface area contributed by atoms with Gasteiger partial charge in [-0.05, 0) is 61.7 Å². The van der Waals surface area contributed by atoms with Crippen LogP contribution >= 0.6 is 15.9 Å². The maximum absolute atomic E-state index is 13.9. The Morgan fingerprint density at radius 1 is 1.28 bits per heavy atom. The topological polar surface area (TPSA) is 63.8 Å². The lowest BCUT2D eigenvalue weighted by molar-refractivity contribution is 0.0854. The van der Waals surface area contributed by atoms with Crippen molar-refractivity contribution in [3.05, 3.63) is 69.4 Å². The fourth-order valence-corrected chi connectivity index (χ4v) is 3.60. The number of rotatable bonds is 4. The van der Waals surface area contributed by atoms with Crippen molar-refractivity contribution in [2.24, 2.45) is 4.99 Å². The summed E-state index contributed by atoms with van der Waals surface area (Å²) in [5, 5.41) is 3.66. The van der Waals surface area contributed by atoms with E-state index < -0.39 is 0 Å². The number of benzene rings is 2. The van der Waals surface area contributed by atoms with Crippen molar-refractivity contribution in [1.82, 2.24) is 5.32 Å². The highest BCUT2D eigenvalue weighted by molar-refractivity contribution is 9.10. The molecule has 2 heterocycles. The van der Waals surface area contributed by atoms with Crippen molar-refractivity contribution in [2.75, 3.05) is 13.2 Å². The fraction of sp³-hybridized carbons (Fsp3) is 0.273. The molecule has 29 heavy (non-hydrogen) atoms. The van der Waals surface area contributed by atoms with Gasteiger partial charge in [-0.15, -0.1) is 0 Å². The van der Waals surface area contributed by atoms with Crippen LogP contribution in [0.2, 0.25) is 0 Å². The minimum atomic E-state index is -0.361. The predicted molar refractivity (Wildman–Crippen MR) is 112 cm³/mol. The summed E-state index contributed by atoms with van der Waals surface area (Å²) in [6.45, 7) is 2.83. The van der Waals surface area contributed by atoms with E-state index in [0.29, 0.717) is 23.4 Å². The summed E-state index contributed by atoms with van der Waals surface area (Å²) in [5.74, 6) is -0.669. The molecule has 0 saturated carbocycles. The van der Waals surface area contributed by atoms with E-state index in [1.165, 1.54) is 6.07 Å². The number of ether oxygens (including phenoxy) is 1. The first-order valence-corrected chi connectivity index (χ1v) is 10.2. The number of halogens is 2. The average molecular weight is 459 g/mol. The standard InChI is InChI=1S/C22H20BrFN2O3/c1-13-4-6-16(11-19(13)24)26-22-18(21(27)25-12-17-3-2-8-28-17)10-14-9-15(23)5-7-20(14)29-22/h4-7,9-11,17H,2-3,8,12H2,1H3,(H,25,27)/t17-/m0/s1. The molecule has 1 aliphatic heterocycles. The molecule has 1 amide bonds. The smallest absolute Gasteiger partial charge is 0.256 e. The van der Waals surface area contributed by atoms with Gasteiger partial charge in [0.05, 0.1) is 11.8 Å². The van der Waals surface area contributed by atoms with E-state index >= 15 is 0 Å². The van der Waals surface area contributed by atoms with E-state index in [4.69, 9.17) is 9.15 Å². The molecule has 1 saturated heterocycles. The minimum absolute atomic E-state index is 0.0251. The number of amides is 1. The maximum Gasteiger partial charge on any atom is 0.256 e. The molecule has 150 valence electrons. The number of carbonyl (C=O) groups excluding carboxylic acids is 1. The molecular weight excluding hydrogens is 439 g/mol. The van der Waals surface area contributed by atoms with Crippen LogP contribution in [0.1, 0.15) is 28.8 Å². The molecule has 7 heteroatoms. The normalized spacial score (nSPS) is 17.1. The second kappa shape index (κ2) is 8.47. The Kier molecular flexibility index (Phi) is 5.78. The van der Waals surface area contributed by atoms with Gasteiger partial charge in [0.25, 0.3) is 5.91 Å². The van der Waals surface area contributed by atoms with Crippen LogP contribution in [0.25, 0.3) is 11.0 Å². The molecule has 1 fully saturated rings. The van der Waals surface area contributed by atoms with Gasteiger partial charge in [-0.2, -0.15) is 0 Å². The minimum Gasteiger partial charge on any atom is -0.438 e. The Morgan fingerprint density at radius 2 is 2.14 bits per heavy atom. The maximum atomic E-state index is 13.9. The molecule has 1 N–H and O–H groups in total. The van der Waals surface area contributed by atoms with Crippen LogP contribution in [0, 0.1) is 12.7 Å². The van der Waals surface area contributed by atoms with E-state index in [9.17, 15) is 9.18 Å². The molecule has 1 atom stereocenters. The molecule has 0 bridgehead atoms. The van der Waals surface area contributed by atoms with Gasteiger partial charge in [0.15, 0.2) is 0 Å². The fourth-order valence-electron chi connectivity index (χ4n) is 3.22. The van der Waals surface area contributed by atoms with Crippen molar-refractivity contribution in [1.29, 1.82) is 0 Å². The molecule has 1 aromatic heterocycles. The third kappa shape index (κ3) is 4.57. The molecule has 0 aliphatic carbocycles. The average Bonchev–Trinajstić information content (AvgIpc) is 3.22. The van der Waals surface area contributed by atoms with E-state index in [-0.39, 0.29) is 28.9 Å². The number of carbonyl (C=O) groups is 1. The van der Waals surface area contributed by atoms with Gasteiger partial charge in [-0.25, -0.2) is 9.38 Å². The SMILES string of the molecule is Cc1ccc(N=c2oc3ccc(Br)cc3cc2C(=O)NC[C@@H]2CCCO2)cc1F. The first kappa shape index (κ1) is 19.8. The molecule has 5 nitrogen and oxygen atoms in total. The van der Waals surface area contributed by atoms with Gasteiger partial charge in [0, 0.05) is 23.0 Å². The highest BCUT2D eigenvalue weighted by Crippen LogP contribution is 2.21. The highest BCUT2D eigenvalue weighted by atomic mass is 79.9. The number of fused-ring (bicyclic) bond motifs is 1. The molecule has 4 rings (SSSR count). The third-order valence-corrected chi connectivity index (χ3v) is 5.35. The van der Waals surface area contributed by atoms with Crippen LogP contribution in [-0.4, -0.2) is 25.2 Å². The zero-order valence-electron chi connectivity index (χ0n) is 15.9. The van der Waals surface area contributed by atoms with Gasteiger partial charge < -0.3 is 14.5 Å². The molecular formula is C22H20BrFN2O3. The number of hydrogen-bond donors (Lipinski definition) is 1. The zero-order valence-corrected chi connectivity index (χ0v) is 17.5. The van der Waals surface area contributed by atoms with Crippen molar-refractivity contribution in [2.45, 2.75) is 25.9 Å². The molecule has 3 aromatic rings. The van der Waals surface area contributed by atoms with Crippen LogP contribution in [0.15, 0.2) is 56.3 Å². The van der Waals surface area contributed by atoms with Crippen molar-refractivity contribution < 1.29 is 18.3 Å². The second-order valence-electron chi connectivity index (χ2n) is 7.04. The molecule has 0 radical (unpaired) electrons. The van der Waals surface area contributed by atoms with E-state index in [1.54, 1.807) is 31.2 Å². The molecule has 1 aliphatic rings. The summed E-state index contributed by atoms with van der Waals surface area (Å²) in [5.41, 5.74) is 1.90. The Hall–Kier alpha value is -2.51. The summed E-state index contributed by atoms with van der Waals surface area (Å²) in [6, 6.07) is 11.9. The third-order valence-electron chi connectivity index (χ3n) is 4.85. The first-order valence-electron chi connectivity index (χ1n) is 9.44. The Morgan fingerprint density at radius 3 is 2.90 bits per heavy atom. The summed E-state index contributed by atoms with van der Waals surface area (Å²) in [6.07, 6.45) is 1.95. The highest BCUT2D eigenvalue weighted by Gasteiger charge is 2.18. The lowest BCUT2D eigenvalue weighted by atomic mass is 10.1. The summed E-state index contributed by atoms with van der Waals surface area (Å²) < 4.78 is 26.3. The van der Waals surface area contributed by atoms with Crippen LogP contribution in [-0.2, 0) is 4.74 Å². The van der Waals surface area contributed by atoms with Gasteiger partial charge in [0.1, 0.15) is 17.0 Å². The van der Waals surface area contributed by atoms with E-state index in [1.807, 2.05) is 12.1 Å². The number of aryl methyl sites for hydroxylation is 1. The number of nitrogens with one attached hydrogen (secondary N) is 1. The summed E-state index contributed by atoms with van der Waals surface area (Å²) >= 11 is 3.43. The molecule has 0 unspecified atom stereocenters. The Labute approximate surface area is 175 Å². The molecule has 2 aromatic carbocycles. The van der Waals surface area contributed by atoms with Crippen LogP contribution < -0.4 is 10.9 Å². The summed E-state index contributed by atoms with van der Waals surface area (Å²) in [4.78, 5) is 17.3. The summed E-state index contributed by atoms with van der Waals surface area (Å²) in [7, 11) is 0. The number of hydrogen-bond acceptors (Lipinski definition) is 4. The molecule has 0 spiro atoms. The van der Waals surface area contributed by atoms with Crippen LogP contribution in [0.3, 0.4) is 0 Å². The second-order valence-corrected chi connectivity index (χ2v) is 7.95. The van der Waals surface area contributed by atoms with E-state index in [0.717, 1.165) is 29.3 Å². The van der Waals surface area contributed by atoms with Gasteiger partial charge in [-0.3, -0.25) is 4.79 Å².